The molecule has 0 saturated heterocycles. The van der Waals surface area contributed by atoms with Crippen LogP contribution >= 0.6 is 23.1 Å². The molecule has 0 spiro atoms. The van der Waals surface area contributed by atoms with Crippen molar-refractivity contribution in [1.29, 1.82) is 0 Å². The molecule has 2 N–H and O–H groups in total. The van der Waals surface area contributed by atoms with E-state index in [-0.39, 0.29) is 17.5 Å². The number of para-hydroxylation sites is 1. The van der Waals surface area contributed by atoms with Gasteiger partial charge in [-0.15, -0.1) is 10.2 Å². The van der Waals surface area contributed by atoms with Crippen LogP contribution in [0.5, 0.6) is 0 Å². The number of carbonyl (C=O) groups is 1. The van der Waals surface area contributed by atoms with Crippen molar-refractivity contribution in [3.05, 3.63) is 59.9 Å². The number of anilines is 3. The maximum Gasteiger partial charge on any atom is 0.234 e. The van der Waals surface area contributed by atoms with Crippen molar-refractivity contribution in [2.45, 2.75) is 11.3 Å². The highest BCUT2D eigenvalue weighted by Gasteiger charge is 2.09. The molecule has 3 rings (SSSR count). The Morgan fingerprint density at radius 2 is 1.92 bits per heavy atom. The Morgan fingerprint density at radius 1 is 1.16 bits per heavy atom. The molecule has 1 aromatic heterocycles. The number of nitrogens with one attached hydrogen (secondary N) is 2. The van der Waals surface area contributed by atoms with Crippen LogP contribution in [0, 0.1) is 12.7 Å². The van der Waals surface area contributed by atoms with E-state index in [0.29, 0.717) is 15.2 Å². The summed E-state index contributed by atoms with van der Waals surface area (Å²) >= 11 is 2.69. The first-order valence-corrected chi connectivity index (χ1v) is 9.25. The van der Waals surface area contributed by atoms with Crippen LogP contribution in [0.25, 0.3) is 0 Å². The maximum atomic E-state index is 12.8. The third-order valence-electron chi connectivity index (χ3n) is 3.25. The van der Waals surface area contributed by atoms with Gasteiger partial charge in [0.05, 0.1) is 5.75 Å². The normalized spacial score (nSPS) is 10.5. The van der Waals surface area contributed by atoms with E-state index in [1.54, 1.807) is 0 Å². The molecular formula is C17H15FN4OS2. The number of halogens is 1. The number of aryl methyl sites for hydroxylation is 1. The van der Waals surface area contributed by atoms with Gasteiger partial charge in [0.15, 0.2) is 4.34 Å². The Hall–Kier alpha value is -2.45. The van der Waals surface area contributed by atoms with E-state index in [0.717, 1.165) is 11.3 Å². The summed E-state index contributed by atoms with van der Waals surface area (Å²) in [6.07, 6.45) is 0. The minimum atomic E-state index is -0.338. The van der Waals surface area contributed by atoms with Gasteiger partial charge >= 0.3 is 0 Å². The highest BCUT2D eigenvalue weighted by Crippen LogP contribution is 2.28. The first-order chi connectivity index (χ1) is 12.1. The number of thioether (sulfide) groups is 1. The van der Waals surface area contributed by atoms with Gasteiger partial charge in [0.2, 0.25) is 11.0 Å². The van der Waals surface area contributed by atoms with Crippen LogP contribution in [0.2, 0.25) is 0 Å². The zero-order chi connectivity index (χ0) is 17.6. The first-order valence-electron chi connectivity index (χ1n) is 7.44. The van der Waals surface area contributed by atoms with E-state index in [1.807, 2.05) is 31.2 Å². The first kappa shape index (κ1) is 17.4. The Kier molecular flexibility index (Phi) is 5.62. The molecule has 2 aromatic carbocycles. The van der Waals surface area contributed by atoms with Crippen LogP contribution in [-0.4, -0.2) is 21.9 Å². The predicted molar refractivity (Wildman–Crippen MR) is 100 cm³/mol. The summed E-state index contributed by atoms with van der Waals surface area (Å²) in [5.41, 5.74) is 2.65. The molecular weight excluding hydrogens is 359 g/mol. The molecule has 0 fully saturated rings. The maximum absolute atomic E-state index is 12.8. The number of carbonyl (C=O) groups excluding carboxylic acids is 1. The fourth-order valence-electron chi connectivity index (χ4n) is 2.00. The Bertz CT molecular complexity index is 867. The quantitative estimate of drug-likeness (QED) is 0.624. The lowest BCUT2D eigenvalue weighted by Crippen LogP contribution is -2.13. The topological polar surface area (TPSA) is 66.9 Å². The molecule has 0 bridgehead atoms. The summed E-state index contributed by atoms with van der Waals surface area (Å²) in [7, 11) is 0. The number of hydrogen-bond acceptors (Lipinski definition) is 6. The van der Waals surface area contributed by atoms with Crippen LogP contribution < -0.4 is 10.6 Å². The molecule has 25 heavy (non-hydrogen) atoms. The van der Waals surface area contributed by atoms with Crippen molar-refractivity contribution in [3.8, 4) is 0 Å². The average molecular weight is 374 g/mol. The van der Waals surface area contributed by atoms with Gasteiger partial charge in [-0.1, -0.05) is 41.3 Å². The fraction of sp³-hybridized carbons (Fsp3) is 0.118. The summed E-state index contributed by atoms with van der Waals surface area (Å²) in [5.74, 6) is -0.314. The van der Waals surface area contributed by atoms with E-state index in [1.165, 1.54) is 47.4 Å². The Morgan fingerprint density at radius 3 is 2.68 bits per heavy atom. The van der Waals surface area contributed by atoms with Gasteiger partial charge < -0.3 is 10.6 Å². The standard InChI is InChI=1S/C17H15FN4OS2/c1-11-4-2-3-5-14(11)20-16-21-22-17(25-16)24-10-15(23)19-13-8-6-12(18)7-9-13/h2-9H,10H2,1H3,(H,19,23)(H,20,21). The summed E-state index contributed by atoms with van der Waals surface area (Å²) in [6.45, 7) is 2.01. The van der Waals surface area contributed by atoms with Crippen LogP contribution in [-0.2, 0) is 4.79 Å². The SMILES string of the molecule is Cc1ccccc1Nc1nnc(SCC(=O)Nc2ccc(F)cc2)s1. The van der Waals surface area contributed by atoms with Crippen LogP contribution in [0.3, 0.4) is 0 Å². The van der Waals surface area contributed by atoms with E-state index < -0.39 is 0 Å². The molecule has 0 aliphatic carbocycles. The van der Waals surface area contributed by atoms with Crippen LogP contribution in [0.15, 0.2) is 52.9 Å². The van der Waals surface area contributed by atoms with Crippen molar-refractivity contribution in [3.63, 3.8) is 0 Å². The van der Waals surface area contributed by atoms with Crippen LogP contribution in [0.1, 0.15) is 5.56 Å². The second kappa shape index (κ2) is 8.09. The lowest BCUT2D eigenvalue weighted by atomic mass is 10.2. The van der Waals surface area contributed by atoms with Gasteiger partial charge in [0.1, 0.15) is 5.82 Å². The fourth-order valence-corrected chi connectivity index (χ4v) is 3.57. The average Bonchev–Trinajstić information content (AvgIpc) is 3.05. The van der Waals surface area contributed by atoms with Gasteiger partial charge in [-0.3, -0.25) is 4.79 Å². The third kappa shape index (κ3) is 5.01. The van der Waals surface area contributed by atoms with Crippen molar-refractivity contribution in [2.75, 3.05) is 16.4 Å². The van der Waals surface area contributed by atoms with Gasteiger partial charge in [-0.05, 0) is 42.8 Å². The van der Waals surface area contributed by atoms with E-state index >= 15 is 0 Å². The lowest BCUT2D eigenvalue weighted by Gasteiger charge is -2.04. The third-order valence-corrected chi connectivity index (χ3v) is 5.22. The molecule has 0 aliphatic heterocycles. The van der Waals surface area contributed by atoms with Crippen molar-refractivity contribution in [2.24, 2.45) is 0 Å². The van der Waals surface area contributed by atoms with Gasteiger partial charge in [0, 0.05) is 11.4 Å². The monoisotopic (exact) mass is 374 g/mol. The molecule has 0 unspecified atom stereocenters. The van der Waals surface area contributed by atoms with E-state index in [2.05, 4.69) is 20.8 Å². The van der Waals surface area contributed by atoms with E-state index in [9.17, 15) is 9.18 Å². The zero-order valence-electron chi connectivity index (χ0n) is 13.3. The molecule has 1 amide bonds. The molecule has 3 aromatic rings. The van der Waals surface area contributed by atoms with Gasteiger partial charge in [-0.2, -0.15) is 0 Å². The molecule has 0 radical (unpaired) electrons. The second-order valence-corrected chi connectivity index (χ2v) is 7.36. The van der Waals surface area contributed by atoms with Gasteiger partial charge in [-0.25, -0.2) is 4.39 Å². The number of rotatable bonds is 6. The minimum Gasteiger partial charge on any atom is -0.330 e. The largest absolute Gasteiger partial charge is 0.330 e. The number of nitrogens with zero attached hydrogens (tertiary/aromatic N) is 2. The minimum absolute atomic E-state index is 0.180. The van der Waals surface area contributed by atoms with Gasteiger partial charge in [0.25, 0.3) is 0 Å². The number of benzene rings is 2. The molecule has 1 heterocycles. The number of aromatic nitrogens is 2. The summed E-state index contributed by atoms with van der Waals surface area (Å²) in [5, 5.41) is 14.8. The Labute approximate surface area is 152 Å². The van der Waals surface area contributed by atoms with Crippen molar-refractivity contribution >= 4 is 45.5 Å². The molecule has 5 nitrogen and oxygen atoms in total. The van der Waals surface area contributed by atoms with Crippen molar-refractivity contribution < 1.29 is 9.18 Å². The second-order valence-electron chi connectivity index (χ2n) is 5.16. The molecule has 128 valence electrons. The lowest BCUT2D eigenvalue weighted by molar-refractivity contribution is -0.113. The predicted octanol–water partition coefficient (Wildman–Crippen LogP) is 4.46. The summed E-state index contributed by atoms with van der Waals surface area (Å²) in [6, 6.07) is 13.6. The number of hydrogen-bond donors (Lipinski definition) is 2. The van der Waals surface area contributed by atoms with Crippen molar-refractivity contribution in [1.82, 2.24) is 10.2 Å². The van der Waals surface area contributed by atoms with E-state index in [4.69, 9.17) is 0 Å². The smallest absolute Gasteiger partial charge is 0.234 e. The molecule has 8 heteroatoms. The molecule has 0 atom stereocenters. The highest BCUT2D eigenvalue weighted by molar-refractivity contribution is 8.01. The highest BCUT2D eigenvalue weighted by atomic mass is 32.2. The summed E-state index contributed by atoms with van der Waals surface area (Å²) in [4.78, 5) is 11.9. The van der Waals surface area contributed by atoms with Crippen LogP contribution in [0.4, 0.5) is 20.9 Å². The molecule has 0 saturated carbocycles. The number of amides is 1. The zero-order valence-corrected chi connectivity index (χ0v) is 15.0. The summed E-state index contributed by atoms with van der Waals surface area (Å²) < 4.78 is 13.5. The Balaban J connectivity index is 1.52. The molecule has 0 aliphatic rings.